The van der Waals surface area contributed by atoms with Gasteiger partial charge in [0, 0.05) is 24.8 Å². The summed E-state index contributed by atoms with van der Waals surface area (Å²) in [6, 6.07) is 10.7. The normalized spacial score (nSPS) is 18.5. The molecule has 8 heteroatoms. The number of carbonyl (C=O) groups is 2. The average Bonchev–Trinajstić information content (AvgIpc) is 3.47. The zero-order valence-corrected chi connectivity index (χ0v) is 17.7. The number of methoxy groups -OCH3 is 1. The van der Waals surface area contributed by atoms with E-state index in [2.05, 4.69) is 15.5 Å². The van der Waals surface area contributed by atoms with E-state index in [0.717, 1.165) is 24.2 Å². The number of carbonyl (C=O) groups excluding carboxylic acids is 2. The van der Waals surface area contributed by atoms with Gasteiger partial charge in [-0.2, -0.15) is 0 Å². The summed E-state index contributed by atoms with van der Waals surface area (Å²) in [5.41, 5.74) is 2.05. The Labute approximate surface area is 181 Å². The number of nitrogens with one attached hydrogen (secondary N) is 2. The number of hydrogen-bond donors (Lipinski definition) is 2. The molecule has 2 aliphatic rings. The average molecular weight is 425 g/mol. The lowest BCUT2D eigenvalue weighted by Crippen LogP contribution is -2.48. The van der Waals surface area contributed by atoms with Crippen molar-refractivity contribution in [3.63, 3.8) is 0 Å². The molecule has 1 aliphatic carbocycles. The van der Waals surface area contributed by atoms with E-state index in [1.165, 1.54) is 6.26 Å². The molecule has 2 aromatic rings. The van der Waals surface area contributed by atoms with Crippen LogP contribution in [-0.4, -0.2) is 43.2 Å². The fourth-order valence-corrected chi connectivity index (χ4v) is 3.78. The molecule has 2 N–H and O–H groups in total. The summed E-state index contributed by atoms with van der Waals surface area (Å²) in [6.45, 7) is 3.13. The van der Waals surface area contributed by atoms with E-state index in [1.807, 2.05) is 24.3 Å². The predicted octanol–water partition coefficient (Wildman–Crippen LogP) is 3.12. The highest BCUT2D eigenvalue weighted by Gasteiger charge is 2.37. The molecule has 0 bridgehead atoms. The smallest absolute Gasteiger partial charge is 0.338 e. The predicted molar refractivity (Wildman–Crippen MR) is 113 cm³/mol. The third kappa shape index (κ3) is 4.91. The summed E-state index contributed by atoms with van der Waals surface area (Å²) in [7, 11) is 1.64. The quantitative estimate of drug-likeness (QED) is 0.600. The van der Waals surface area contributed by atoms with Crippen LogP contribution in [0.4, 0.5) is 4.79 Å². The van der Waals surface area contributed by atoms with Gasteiger partial charge in [-0.1, -0.05) is 12.1 Å². The number of urea groups is 1. The Morgan fingerprint density at radius 1 is 1.19 bits per heavy atom. The largest absolute Gasteiger partial charge is 0.497 e. The molecule has 0 radical (unpaired) electrons. The Morgan fingerprint density at radius 3 is 2.58 bits per heavy atom. The summed E-state index contributed by atoms with van der Waals surface area (Å²) in [6.07, 6.45) is 3.70. The van der Waals surface area contributed by atoms with Crippen molar-refractivity contribution in [1.82, 2.24) is 15.5 Å². The summed E-state index contributed by atoms with van der Waals surface area (Å²) in [5.74, 6) is 0.830. The van der Waals surface area contributed by atoms with Crippen LogP contribution in [0.15, 0.2) is 58.3 Å². The van der Waals surface area contributed by atoms with E-state index in [-0.39, 0.29) is 12.6 Å². The number of rotatable bonds is 9. The highest BCUT2D eigenvalue weighted by Crippen LogP contribution is 2.32. The van der Waals surface area contributed by atoms with Crippen molar-refractivity contribution < 1.29 is 23.5 Å². The van der Waals surface area contributed by atoms with Crippen molar-refractivity contribution >= 4 is 12.0 Å². The maximum atomic E-state index is 12.9. The van der Waals surface area contributed by atoms with Gasteiger partial charge in [0.25, 0.3) is 0 Å². The van der Waals surface area contributed by atoms with Gasteiger partial charge in [-0.15, -0.1) is 0 Å². The van der Waals surface area contributed by atoms with Crippen LogP contribution in [0.5, 0.6) is 5.75 Å². The molecule has 2 heterocycles. The number of ether oxygens (including phenoxy) is 2. The summed E-state index contributed by atoms with van der Waals surface area (Å²) < 4.78 is 16.1. The first kappa shape index (κ1) is 21.0. The fourth-order valence-electron chi connectivity index (χ4n) is 3.78. The molecule has 1 aliphatic heterocycles. The van der Waals surface area contributed by atoms with Crippen LogP contribution in [0.3, 0.4) is 0 Å². The van der Waals surface area contributed by atoms with Crippen LogP contribution in [0.2, 0.25) is 0 Å². The molecule has 1 saturated carbocycles. The van der Waals surface area contributed by atoms with Crippen LogP contribution in [0.25, 0.3) is 0 Å². The van der Waals surface area contributed by atoms with E-state index < -0.39 is 12.0 Å². The first-order chi connectivity index (χ1) is 15.1. The molecule has 8 nitrogen and oxygen atoms in total. The molecule has 1 fully saturated rings. The molecular weight excluding hydrogens is 398 g/mol. The maximum absolute atomic E-state index is 12.9. The van der Waals surface area contributed by atoms with Gasteiger partial charge in [-0.3, -0.25) is 4.90 Å². The lowest BCUT2D eigenvalue weighted by Gasteiger charge is -2.31. The van der Waals surface area contributed by atoms with Crippen molar-refractivity contribution in [3.05, 3.63) is 65.3 Å². The molecule has 0 spiro atoms. The van der Waals surface area contributed by atoms with Crippen LogP contribution < -0.4 is 15.4 Å². The molecule has 1 atom stereocenters. The van der Waals surface area contributed by atoms with E-state index in [4.69, 9.17) is 13.9 Å². The van der Waals surface area contributed by atoms with Crippen molar-refractivity contribution in [2.45, 2.75) is 38.4 Å². The highest BCUT2D eigenvalue weighted by atomic mass is 16.5. The zero-order valence-electron chi connectivity index (χ0n) is 17.7. The van der Waals surface area contributed by atoms with Gasteiger partial charge in [-0.25, -0.2) is 9.59 Å². The van der Waals surface area contributed by atoms with Crippen LogP contribution in [0, 0.1) is 0 Å². The summed E-state index contributed by atoms with van der Waals surface area (Å²) in [5, 5.41) is 5.62. The van der Waals surface area contributed by atoms with Gasteiger partial charge in [0.1, 0.15) is 17.6 Å². The van der Waals surface area contributed by atoms with Crippen LogP contribution in [-0.2, 0) is 16.1 Å². The molecule has 2 amide bonds. The second-order valence-corrected chi connectivity index (χ2v) is 7.64. The second-order valence-electron chi connectivity index (χ2n) is 7.64. The van der Waals surface area contributed by atoms with Crippen molar-refractivity contribution in [2.75, 3.05) is 20.3 Å². The maximum Gasteiger partial charge on any atom is 0.338 e. The van der Waals surface area contributed by atoms with Crippen LogP contribution in [0.1, 0.15) is 37.1 Å². The SMILES string of the molecule is CCOC(=O)C1=C(CN(Cc2ccc(OC)cc2)C2CC2)NC(=O)NC1c1ccco1. The standard InChI is InChI=1S/C23H27N3O5/c1-3-30-22(27)20-18(24-23(28)25-21(20)19-5-4-12-31-19)14-26(16-8-9-16)13-15-6-10-17(29-2)11-7-15/h4-7,10-12,16,21H,3,8-9,13-14H2,1-2H3,(H2,24,25,28). The minimum atomic E-state index is -0.695. The van der Waals surface area contributed by atoms with Gasteiger partial charge >= 0.3 is 12.0 Å². The second kappa shape index (κ2) is 9.26. The van der Waals surface area contributed by atoms with Gasteiger partial charge in [-0.05, 0) is 49.6 Å². The number of furan rings is 1. The van der Waals surface area contributed by atoms with Crippen LogP contribution >= 0.6 is 0 Å². The molecule has 4 rings (SSSR count). The monoisotopic (exact) mass is 425 g/mol. The van der Waals surface area contributed by atoms with Gasteiger partial charge in [0.05, 0.1) is 25.6 Å². The molecule has 164 valence electrons. The van der Waals surface area contributed by atoms with Gasteiger partial charge in [0.2, 0.25) is 0 Å². The molecule has 1 aromatic carbocycles. The Bertz CT molecular complexity index is 948. The van der Waals surface area contributed by atoms with E-state index >= 15 is 0 Å². The Balaban J connectivity index is 1.63. The molecule has 31 heavy (non-hydrogen) atoms. The number of esters is 1. The van der Waals surface area contributed by atoms with E-state index in [0.29, 0.717) is 36.2 Å². The Morgan fingerprint density at radius 2 is 1.97 bits per heavy atom. The van der Waals surface area contributed by atoms with Gasteiger partial charge in [0.15, 0.2) is 0 Å². The van der Waals surface area contributed by atoms with Crippen molar-refractivity contribution in [3.8, 4) is 5.75 Å². The zero-order chi connectivity index (χ0) is 21.8. The molecule has 0 saturated heterocycles. The lowest BCUT2D eigenvalue weighted by atomic mass is 9.99. The third-order valence-electron chi connectivity index (χ3n) is 5.45. The Kier molecular flexibility index (Phi) is 6.27. The van der Waals surface area contributed by atoms with Crippen molar-refractivity contribution in [2.24, 2.45) is 0 Å². The number of nitrogens with zero attached hydrogens (tertiary/aromatic N) is 1. The first-order valence-electron chi connectivity index (χ1n) is 10.5. The number of benzene rings is 1. The minimum absolute atomic E-state index is 0.243. The fraction of sp³-hybridized carbons (Fsp3) is 0.391. The summed E-state index contributed by atoms with van der Waals surface area (Å²) >= 11 is 0. The minimum Gasteiger partial charge on any atom is -0.497 e. The summed E-state index contributed by atoms with van der Waals surface area (Å²) in [4.78, 5) is 27.6. The molecule has 1 unspecified atom stereocenters. The van der Waals surface area contributed by atoms with E-state index in [9.17, 15) is 9.59 Å². The highest BCUT2D eigenvalue weighted by molar-refractivity contribution is 5.95. The topological polar surface area (TPSA) is 93.0 Å². The van der Waals surface area contributed by atoms with Gasteiger partial charge < -0.3 is 24.5 Å². The lowest BCUT2D eigenvalue weighted by molar-refractivity contribution is -0.139. The molecule has 1 aromatic heterocycles. The first-order valence-corrected chi connectivity index (χ1v) is 10.5. The van der Waals surface area contributed by atoms with Crippen molar-refractivity contribution in [1.29, 1.82) is 0 Å². The number of amides is 2. The number of hydrogen-bond acceptors (Lipinski definition) is 6. The Hall–Kier alpha value is -3.26. The third-order valence-corrected chi connectivity index (χ3v) is 5.45. The van der Waals surface area contributed by atoms with E-state index in [1.54, 1.807) is 26.2 Å². The molecular formula is C23H27N3O5.